The van der Waals surface area contributed by atoms with Gasteiger partial charge in [0.1, 0.15) is 11.5 Å². The molecule has 0 fully saturated rings. The minimum atomic E-state index is -0.0342. The van der Waals surface area contributed by atoms with Crippen LogP contribution in [0.25, 0.3) is 0 Å². The van der Waals surface area contributed by atoms with Crippen molar-refractivity contribution in [2.75, 3.05) is 25.3 Å². The zero-order valence-electron chi connectivity index (χ0n) is 13.6. The number of anilines is 1. The van der Waals surface area contributed by atoms with E-state index in [0.29, 0.717) is 23.6 Å². The molecule has 0 aliphatic heterocycles. The quantitative estimate of drug-likeness (QED) is 0.775. The summed E-state index contributed by atoms with van der Waals surface area (Å²) in [6.45, 7) is 2.06. The Balaban J connectivity index is 1.86. The molecule has 4 nitrogen and oxygen atoms in total. The monoisotopic (exact) mass is 331 g/mol. The smallest absolute Gasteiger partial charge is 0.225 e. The summed E-state index contributed by atoms with van der Waals surface area (Å²) in [6, 6.07) is 13.6. The van der Waals surface area contributed by atoms with Gasteiger partial charge in [0.2, 0.25) is 5.91 Å². The van der Waals surface area contributed by atoms with Crippen LogP contribution in [0, 0.1) is 6.92 Å². The molecule has 0 saturated heterocycles. The minimum Gasteiger partial charge on any atom is -0.497 e. The van der Waals surface area contributed by atoms with E-state index in [0.717, 1.165) is 5.75 Å². The molecule has 5 heteroatoms. The largest absolute Gasteiger partial charge is 0.497 e. The van der Waals surface area contributed by atoms with Crippen molar-refractivity contribution in [3.05, 3.63) is 48.0 Å². The molecule has 0 spiro atoms. The Kier molecular flexibility index (Phi) is 6.35. The molecule has 0 atom stereocenters. The number of hydrogen-bond acceptors (Lipinski definition) is 4. The molecule has 0 heterocycles. The number of carbonyl (C=O) groups is 1. The Morgan fingerprint density at radius 3 is 2.48 bits per heavy atom. The Morgan fingerprint density at radius 2 is 1.83 bits per heavy atom. The topological polar surface area (TPSA) is 47.6 Å². The van der Waals surface area contributed by atoms with Gasteiger partial charge in [0.25, 0.3) is 0 Å². The first-order valence-electron chi connectivity index (χ1n) is 7.33. The van der Waals surface area contributed by atoms with E-state index >= 15 is 0 Å². The molecule has 0 bridgehead atoms. The van der Waals surface area contributed by atoms with Gasteiger partial charge in [-0.3, -0.25) is 4.79 Å². The summed E-state index contributed by atoms with van der Waals surface area (Å²) in [5.74, 6) is 1.97. The third-order valence-electron chi connectivity index (χ3n) is 3.30. The fourth-order valence-corrected chi connectivity index (χ4v) is 2.86. The molecule has 0 unspecified atom stereocenters. The predicted molar refractivity (Wildman–Crippen MR) is 94.7 cm³/mol. The Bertz CT molecular complexity index is 656. The van der Waals surface area contributed by atoms with Crippen molar-refractivity contribution in [2.45, 2.75) is 18.2 Å². The predicted octanol–water partition coefficient (Wildman–Crippen LogP) is 4.13. The molecular formula is C18H21NO3S. The van der Waals surface area contributed by atoms with Crippen molar-refractivity contribution in [1.29, 1.82) is 0 Å². The zero-order chi connectivity index (χ0) is 16.7. The van der Waals surface area contributed by atoms with Gasteiger partial charge in [-0.05, 0) is 31.2 Å². The highest BCUT2D eigenvalue weighted by Gasteiger charge is 2.09. The average molecular weight is 331 g/mol. The van der Waals surface area contributed by atoms with Crippen LogP contribution in [0.15, 0.2) is 47.4 Å². The number of rotatable bonds is 7. The van der Waals surface area contributed by atoms with Crippen molar-refractivity contribution >= 4 is 23.4 Å². The van der Waals surface area contributed by atoms with E-state index in [-0.39, 0.29) is 5.91 Å². The van der Waals surface area contributed by atoms with E-state index in [1.54, 1.807) is 44.2 Å². The molecule has 2 aromatic rings. The van der Waals surface area contributed by atoms with Crippen LogP contribution in [0.4, 0.5) is 5.69 Å². The summed E-state index contributed by atoms with van der Waals surface area (Å²) in [5.41, 5.74) is 1.89. The van der Waals surface area contributed by atoms with Crippen LogP contribution in [0.2, 0.25) is 0 Å². The second-order valence-corrected chi connectivity index (χ2v) is 6.19. The van der Waals surface area contributed by atoms with E-state index in [1.807, 2.05) is 0 Å². The fraction of sp³-hybridized carbons (Fsp3) is 0.278. The lowest BCUT2D eigenvalue weighted by Gasteiger charge is -2.11. The molecule has 23 heavy (non-hydrogen) atoms. The van der Waals surface area contributed by atoms with Gasteiger partial charge in [0, 0.05) is 23.1 Å². The van der Waals surface area contributed by atoms with E-state index in [1.165, 1.54) is 10.5 Å². The molecule has 0 aliphatic carbocycles. The van der Waals surface area contributed by atoms with Crippen LogP contribution < -0.4 is 14.8 Å². The number of methoxy groups -OCH3 is 2. The molecule has 0 aromatic heterocycles. The van der Waals surface area contributed by atoms with E-state index < -0.39 is 0 Å². The van der Waals surface area contributed by atoms with E-state index in [4.69, 9.17) is 9.47 Å². The number of benzene rings is 2. The van der Waals surface area contributed by atoms with Gasteiger partial charge < -0.3 is 14.8 Å². The highest BCUT2D eigenvalue weighted by atomic mass is 32.2. The highest BCUT2D eigenvalue weighted by Crippen LogP contribution is 2.29. The van der Waals surface area contributed by atoms with Crippen molar-refractivity contribution in [3.63, 3.8) is 0 Å². The number of carbonyl (C=O) groups excluding carboxylic acids is 1. The number of thioether (sulfide) groups is 1. The first kappa shape index (κ1) is 17.2. The SMILES string of the molecule is COc1ccc(NC(=O)CCSc2ccc(C)cc2)c(OC)c1. The van der Waals surface area contributed by atoms with Gasteiger partial charge in [0.05, 0.1) is 19.9 Å². The van der Waals surface area contributed by atoms with Gasteiger partial charge in [-0.2, -0.15) is 0 Å². The first-order valence-corrected chi connectivity index (χ1v) is 8.32. The summed E-state index contributed by atoms with van der Waals surface area (Å²) < 4.78 is 10.4. The van der Waals surface area contributed by atoms with E-state index in [2.05, 4.69) is 36.5 Å². The maximum absolute atomic E-state index is 12.1. The molecule has 2 rings (SSSR count). The first-order chi connectivity index (χ1) is 11.1. The Morgan fingerprint density at radius 1 is 1.09 bits per heavy atom. The zero-order valence-corrected chi connectivity index (χ0v) is 14.4. The molecule has 0 saturated carbocycles. The third kappa shape index (κ3) is 5.21. The summed E-state index contributed by atoms with van der Waals surface area (Å²) in [6.07, 6.45) is 0.438. The summed E-state index contributed by atoms with van der Waals surface area (Å²) >= 11 is 1.67. The average Bonchev–Trinajstić information content (AvgIpc) is 2.57. The maximum Gasteiger partial charge on any atom is 0.225 e. The van der Waals surface area contributed by atoms with Crippen LogP contribution in [-0.4, -0.2) is 25.9 Å². The van der Waals surface area contributed by atoms with Gasteiger partial charge in [-0.1, -0.05) is 17.7 Å². The van der Waals surface area contributed by atoms with Crippen LogP contribution in [0.1, 0.15) is 12.0 Å². The number of nitrogens with one attached hydrogen (secondary N) is 1. The van der Waals surface area contributed by atoms with Gasteiger partial charge in [-0.25, -0.2) is 0 Å². The molecular weight excluding hydrogens is 310 g/mol. The molecule has 1 amide bonds. The second-order valence-electron chi connectivity index (χ2n) is 5.03. The molecule has 2 aromatic carbocycles. The highest BCUT2D eigenvalue weighted by molar-refractivity contribution is 7.99. The molecule has 1 N–H and O–H groups in total. The molecule has 0 radical (unpaired) electrons. The summed E-state index contributed by atoms with van der Waals surface area (Å²) in [4.78, 5) is 13.2. The van der Waals surface area contributed by atoms with Crippen molar-refractivity contribution in [2.24, 2.45) is 0 Å². The van der Waals surface area contributed by atoms with Gasteiger partial charge in [0.15, 0.2) is 0 Å². The maximum atomic E-state index is 12.1. The van der Waals surface area contributed by atoms with Crippen LogP contribution in [0.5, 0.6) is 11.5 Å². The standard InChI is InChI=1S/C18H21NO3S/c1-13-4-7-15(8-5-13)23-11-10-18(20)19-16-9-6-14(21-2)12-17(16)22-3/h4-9,12H,10-11H2,1-3H3,(H,19,20). The third-order valence-corrected chi connectivity index (χ3v) is 4.32. The van der Waals surface area contributed by atoms with E-state index in [9.17, 15) is 4.79 Å². The van der Waals surface area contributed by atoms with Crippen molar-refractivity contribution < 1.29 is 14.3 Å². The minimum absolute atomic E-state index is 0.0342. The number of hydrogen-bond donors (Lipinski definition) is 1. The van der Waals surface area contributed by atoms with Crippen LogP contribution in [0.3, 0.4) is 0 Å². The van der Waals surface area contributed by atoms with Crippen molar-refractivity contribution in [1.82, 2.24) is 0 Å². The van der Waals surface area contributed by atoms with Gasteiger partial charge in [-0.15, -0.1) is 11.8 Å². The summed E-state index contributed by atoms with van der Waals surface area (Å²) in [5, 5.41) is 2.88. The van der Waals surface area contributed by atoms with Crippen LogP contribution in [-0.2, 0) is 4.79 Å². The lowest BCUT2D eigenvalue weighted by Crippen LogP contribution is -2.13. The van der Waals surface area contributed by atoms with Crippen LogP contribution >= 0.6 is 11.8 Å². The lowest BCUT2D eigenvalue weighted by atomic mass is 10.2. The Labute approximate surface area is 141 Å². The van der Waals surface area contributed by atoms with Gasteiger partial charge >= 0.3 is 0 Å². The number of aryl methyl sites for hydroxylation is 1. The molecule has 122 valence electrons. The normalized spacial score (nSPS) is 10.2. The fourth-order valence-electron chi connectivity index (χ4n) is 2.01. The second kappa shape index (κ2) is 8.48. The van der Waals surface area contributed by atoms with Crippen molar-refractivity contribution in [3.8, 4) is 11.5 Å². The lowest BCUT2D eigenvalue weighted by molar-refractivity contribution is -0.115. The summed E-state index contributed by atoms with van der Waals surface area (Å²) in [7, 11) is 3.16. The number of ether oxygens (including phenoxy) is 2. The Hall–Kier alpha value is -2.14. The number of amides is 1. The molecule has 0 aliphatic rings.